The van der Waals surface area contributed by atoms with Gasteiger partial charge in [-0.15, -0.1) is 11.3 Å². The largest absolute Gasteiger partial charge is 0.326 e. The minimum Gasteiger partial charge on any atom is -0.326 e. The second kappa shape index (κ2) is 7.93. The van der Waals surface area contributed by atoms with Crippen LogP contribution in [0, 0.1) is 16.0 Å². The minimum atomic E-state index is -3.68. The maximum Gasteiger partial charge on any atom is 0.269 e. The molecule has 3 rings (SSSR count). The van der Waals surface area contributed by atoms with Crippen molar-refractivity contribution in [3.05, 3.63) is 50.8 Å². The van der Waals surface area contributed by atoms with Gasteiger partial charge in [-0.1, -0.05) is 11.6 Å². The van der Waals surface area contributed by atoms with Gasteiger partial charge in [0.1, 0.15) is 4.21 Å². The minimum absolute atomic E-state index is 0.0717. The molecule has 8 nitrogen and oxygen atoms in total. The van der Waals surface area contributed by atoms with E-state index >= 15 is 0 Å². The molecule has 1 amide bonds. The summed E-state index contributed by atoms with van der Waals surface area (Å²) in [5.74, 6) is -0.813. The first-order valence-electron chi connectivity index (χ1n) is 8.08. The molecule has 2 heterocycles. The van der Waals surface area contributed by atoms with Gasteiger partial charge in [-0.25, -0.2) is 8.42 Å². The van der Waals surface area contributed by atoms with Gasteiger partial charge in [0.25, 0.3) is 15.7 Å². The lowest BCUT2D eigenvalue weighted by Gasteiger charge is -2.30. The lowest BCUT2D eigenvalue weighted by Crippen LogP contribution is -2.43. The molecule has 1 N–H and O–H groups in total. The molecule has 0 saturated carbocycles. The van der Waals surface area contributed by atoms with Crippen LogP contribution in [-0.2, 0) is 14.8 Å². The first-order chi connectivity index (χ1) is 12.8. The van der Waals surface area contributed by atoms with Crippen LogP contribution in [0.3, 0.4) is 0 Å². The van der Waals surface area contributed by atoms with Crippen molar-refractivity contribution in [3.63, 3.8) is 0 Å². The number of carbonyl (C=O) groups is 1. The number of nitro groups is 1. The molecule has 144 valence electrons. The average Bonchev–Trinajstić information content (AvgIpc) is 3.09. The molecule has 1 aromatic carbocycles. The van der Waals surface area contributed by atoms with Crippen molar-refractivity contribution in [2.45, 2.75) is 17.1 Å². The van der Waals surface area contributed by atoms with E-state index < -0.39 is 20.9 Å². The molecule has 2 aromatic rings. The van der Waals surface area contributed by atoms with Crippen molar-refractivity contribution in [3.8, 4) is 0 Å². The maximum absolute atomic E-state index is 12.7. The molecule has 1 aliphatic heterocycles. The van der Waals surface area contributed by atoms with Crippen LogP contribution >= 0.6 is 22.9 Å². The number of piperidine rings is 1. The summed E-state index contributed by atoms with van der Waals surface area (Å²) in [5, 5.41) is 13.4. The van der Waals surface area contributed by atoms with E-state index in [0.29, 0.717) is 29.4 Å². The summed E-state index contributed by atoms with van der Waals surface area (Å²) in [5.41, 5.74) is 0.355. The highest BCUT2D eigenvalue weighted by Gasteiger charge is 2.34. The molecule has 1 atom stereocenters. The SMILES string of the molecule is O=C(Nc1ccc([N+](=O)[O-])cc1)C1CCCN(S(=O)(=O)c2ccc(Cl)s2)C1. The Morgan fingerprint density at radius 2 is 1.96 bits per heavy atom. The van der Waals surface area contributed by atoms with Crippen LogP contribution in [0.15, 0.2) is 40.6 Å². The van der Waals surface area contributed by atoms with E-state index in [0.717, 1.165) is 11.3 Å². The molecule has 0 radical (unpaired) electrons. The van der Waals surface area contributed by atoms with E-state index in [1.54, 1.807) is 0 Å². The third-order valence-corrected chi connectivity index (χ3v) is 7.81. The van der Waals surface area contributed by atoms with Crippen LogP contribution in [-0.4, -0.2) is 36.6 Å². The van der Waals surface area contributed by atoms with E-state index in [1.165, 1.54) is 40.7 Å². The number of rotatable bonds is 5. The Balaban J connectivity index is 1.68. The van der Waals surface area contributed by atoms with E-state index in [1.807, 2.05) is 0 Å². The Kier molecular flexibility index (Phi) is 5.80. The van der Waals surface area contributed by atoms with Crippen molar-refractivity contribution >= 4 is 50.2 Å². The molecule has 1 aromatic heterocycles. The third kappa shape index (κ3) is 4.46. The summed E-state index contributed by atoms with van der Waals surface area (Å²) in [6.45, 7) is 0.426. The number of hydrogen-bond acceptors (Lipinski definition) is 6. The number of anilines is 1. The van der Waals surface area contributed by atoms with Crippen LogP contribution in [0.25, 0.3) is 0 Å². The van der Waals surface area contributed by atoms with Gasteiger partial charge in [0, 0.05) is 30.9 Å². The maximum atomic E-state index is 12.7. The van der Waals surface area contributed by atoms with Gasteiger partial charge in [-0.05, 0) is 37.1 Å². The number of carbonyl (C=O) groups excluding carboxylic acids is 1. The Labute approximate surface area is 165 Å². The molecule has 1 unspecified atom stereocenters. The normalized spacial score (nSPS) is 18.2. The number of nitrogens with one attached hydrogen (secondary N) is 1. The molecule has 0 bridgehead atoms. The van der Waals surface area contributed by atoms with Crippen LogP contribution < -0.4 is 5.32 Å². The molecule has 11 heteroatoms. The third-order valence-electron chi connectivity index (χ3n) is 4.24. The van der Waals surface area contributed by atoms with Gasteiger partial charge in [0.2, 0.25) is 5.91 Å². The number of sulfonamides is 1. The number of amides is 1. The standard InChI is InChI=1S/C16H16ClN3O5S2/c17-14-7-8-15(26-14)27(24,25)19-9-1-2-11(10-19)16(21)18-12-3-5-13(6-4-12)20(22)23/h3-8,11H,1-2,9-10H2,(H,18,21). The van der Waals surface area contributed by atoms with Gasteiger partial charge in [-0.2, -0.15) is 4.31 Å². The van der Waals surface area contributed by atoms with Crippen molar-refractivity contribution in [1.82, 2.24) is 4.31 Å². The Hall–Kier alpha value is -2.01. The lowest BCUT2D eigenvalue weighted by atomic mass is 9.98. The number of nitro benzene ring substituents is 1. The number of thiophene rings is 1. The van der Waals surface area contributed by atoms with Crippen LogP contribution in [0.2, 0.25) is 4.34 Å². The van der Waals surface area contributed by atoms with E-state index in [9.17, 15) is 23.3 Å². The average molecular weight is 430 g/mol. The smallest absolute Gasteiger partial charge is 0.269 e. The zero-order valence-electron chi connectivity index (χ0n) is 14.0. The highest BCUT2D eigenvalue weighted by atomic mass is 35.5. The molecule has 1 saturated heterocycles. The summed E-state index contributed by atoms with van der Waals surface area (Å²) in [4.78, 5) is 22.7. The Morgan fingerprint density at radius 3 is 2.56 bits per heavy atom. The predicted molar refractivity (Wildman–Crippen MR) is 103 cm³/mol. The first-order valence-corrected chi connectivity index (χ1v) is 10.7. The number of hydrogen-bond donors (Lipinski definition) is 1. The lowest BCUT2D eigenvalue weighted by molar-refractivity contribution is -0.384. The van der Waals surface area contributed by atoms with Gasteiger partial charge in [0.05, 0.1) is 15.2 Å². The summed E-state index contributed by atoms with van der Waals surface area (Å²) >= 11 is 6.82. The van der Waals surface area contributed by atoms with Crippen LogP contribution in [0.5, 0.6) is 0 Å². The fraction of sp³-hybridized carbons (Fsp3) is 0.312. The second-order valence-electron chi connectivity index (χ2n) is 6.05. The van der Waals surface area contributed by atoms with E-state index in [4.69, 9.17) is 11.6 Å². The fourth-order valence-corrected chi connectivity index (χ4v) is 6.01. The fourth-order valence-electron chi connectivity index (χ4n) is 2.85. The second-order valence-corrected chi connectivity index (χ2v) is 9.93. The molecular formula is C16H16ClN3O5S2. The number of nitrogens with zero attached hydrogens (tertiary/aromatic N) is 2. The molecule has 27 heavy (non-hydrogen) atoms. The predicted octanol–water partition coefficient (Wildman–Crippen LogP) is 3.35. The highest BCUT2D eigenvalue weighted by Crippen LogP contribution is 2.31. The molecule has 1 aliphatic rings. The summed E-state index contributed by atoms with van der Waals surface area (Å²) < 4.78 is 27.3. The number of halogens is 1. The van der Waals surface area contributed by atoms with Gasteiger partial charge in [-0.3, -0.25) is 14.9 Å². The number of benzene rings is 1. The molecule has 0 aliphatic carbocycles. The monoisotopic (exact) mass is 429 g/mol. The van der Waals surface area contributed by atoms with Crippen molar-refractivity contribution < 1.29 is 18.1 Å². The zero-order chi connectivity index (χ0) is 19.6. The Morgan fingerprint density at radius 1 is 1.26 bits per heavy atom. The zero-order valence-corrected chi connectivity index (χ0v) is 16.4. The number of non-ortho nitro benzene ring substituents is 1. The topological polar surface area (TPSA) is 110 Å². The van der Waals surface area contributed by atoms with Crippen LogP contribution in [0.4, 0.5) is 11.4 Å². The summed E-state index contributed by atoms with van der Waals surface area (Å²) in [7, 11) is -3.68. The summed E-state index contributed by atoms with van der Waals surface area (Å²) in [6, 6.07) is 8.48. The van der Waals surface area contributed by atoms with Crippen molar-refractivity contribution in [2.24, 2.45) is 5.92 Å². The molecule has 0 spiro atoms. The first kappa shape index (κ1) is 19.7. The van der Waals surface area contributed by atoms with Crippen molar-refractivity contribution in [1.29, 1.82) is 0 Å². The highest BCUT2D eigenvalue weighted by molar-refractivity contribution is 7.91. The van der Waals surface area contributed by atoms with E-state index in [2.05, 4.69) is 5.32 Å². The molecular weight excluding hydrogens is 414 g/mol. The molecule has 1 fully saturated rings. The van der Waals surface area contributed by atoms with Crippen molar-refractivity contribution in [2.75, 3.05) is 18.4 Å². The quantitative estimate of drug-likeness (QED) is 0.578. The van der Waals surface area contributed by atoms with Gasteiger partial charge >= 0.3 is 0 Å². The van der Waals surface area contributed by atoms with Gasteiger partial charge < -0.3 is 5.32 Å². The Bertz CT molecular complexity index is 959. The van der Waals surface area contributed by atoms with Gasteiger partial charge in [0.15, 0.2) is 0 Å². The summed E-state index contributed by atoms with van der Waals surface area (Å²) in [6.07, 6.45) is 1.13. The van der Waals surface area contributed by atoms with E-state index in [-0.39, 0.29) is 22.3 Å². The van der Waals surface area contributed by atoms with Crippen LogP contribution in [0.1, 0.15) is 12.8 Å².